The van der Waals surface area contributed by atoms with Crippen LogP contribution in [0.15, 0.2) is 18.3 Å². The molecule has 146 valence electrons. The topological polar surface area (TPSA) is 85.3 Å². The van der Waals surface area contributed by atoms with Gasteiger partial charge in [-0.3, -0.25) is 9.80 Å². The Balaban J connectivity index is 1.41. The lowest BCUT2D eigenvalue weighted by molar-refractivity contribution is 0.0326. The smallest absolute Gasteiger partial charge is 0.146 e. The number of hydrogen-bond acceptors (Lipinski definition) is 7. The number of nitrogens with two attached hydrogens (primary N) is 1. The second-order valence-electron chi connectivity index (χ2n) is 7.54. The third-order valence-corrected chi connectivity index (χ3v) is 5.66. The van der Waals surface area contributed by atoms with E-state index >= 15 is 0 Å². The highest BCUT2D eigenvalue weighted by atomic mass is 16.5. The van der Waals surface area contributed by atoms with Crippen molar-refractivity contribution in [2.75, 3.05) is 45.1 Å². The SMILES string of the molecule is Cn1c(CN2CCOCC2)nnc1[C@H]1CCCN(Cc2cccnc2N)C1. The van der Waals surface area contributed by atoms with Gasteiger partial charge in [0.1, 0.15) is 17.5 Å². The zero-order chi connectivity index (χ0) is 18.6. The van der Waals surface area contributed by atoms with Crippen molar-refractivity contribution in [2.24, 2.45) is 7.05 Å². The fourth-order valence-corrected chi connectivity index (χ4v) is 4.06. The molecule has 4 rings (SSSR count). The predicted octanol–water partition coefficient (Wildman–Crippen LogP) is 1.00. The first-order valence-corrected chi connectivity index (χ1v) is 9.80. The number of nitrogen functional groups attached to an aromatic ring is 1. The highest BCUT2D eigenvalue weighted by Gasteiger charge is 2.27. The van der Waals surface area contributed by atoms with Gasteiger partial charge in [-0.1, -0.05) is 6.07 Å². The maximum atomic E-state index is 6.02. The molecule has 0 aliphatic carbocycles. The monoisotopic (exact) mass is 371 g/mol. The van der Waals surface area contributed by atoms with Crippen LogP contribution in [0.25, 0.3) is 0 Å². The first kappa shape index (κ1) is 18.3. The van der Waals surface area contributed by atoms with Crippen molar-refractivity contribution in [3.63, 3.8) is 0 Å². The third-order valence-electron chi connectivity index (χ3n) is 5.66. The molecule has 0 amide bonds. The lowest BCUT2D eigenvalue weighted by Gasteiger charge is -2.32. The van der Waals surface area contributed by atoms with E-state index in [1.54, 1.807) is 6.20 Å². The van der Waals surface area contributed by atoms with Crippen molar-refractivity contribution in [1.29, 1.82) is 0 Å². The van der Waals surface area contributed by atoms with Gasteiger partial charge in [0, 0.05) is 50.9 Å². The van der Waals surface area contributed by atoms with Gasteiger partial charge < -0.3 is 15.0 Å². The highest BCUT2D eigenvalue weighted by molar-refractivity contribution is 5.38. The number of anilines is 1. The minimum atomic E-state index is 0.410. The van der Waals surface area contributed by atoms with Crippen LogP contribution in [-0.4, -0.2) is 68.9 Å². The Morgan fingerprint density at radius 3 is 2.81 bits per heavy atom. The zero-order valence-corrected chi connectivity index (χ0v) is 16.0. The zero-order valence-electron chi connectivity index (χ0n) is 16.0. The summed E-state index contributed by atoms with van der Waals surface area (Å²) in [6.45, 7) is 7.29. The Morgan fingerprint density at radius 1 is 1.15 bits per heavy atom. The van der Waals surface area contributed by atoms with Gasteiger partial charge in [-0.15, -0.1) is 10.2 Å². The second-order valence-corrected chi connectivity index (χ2v) is 7.54. The summed E-state index contributed by atoms with van der Waals surface area (Å²) in [6, 6.07) is 4.02. The van der Waals surface area contributed by atoms with Crippen molar-refractivity contribution in [2.45, 2.75) is 31.8 Å². The molecule has 8 heteroatoms. The van der Waals surface area contributed by atoms with E-state index in [2.05, 4.69) is 42.7 Å². The quantitative estimate of drug-likeness (QED) is 0.839. The number of morpholine rings is 1. The number of hydrogen-bond donors (Lipinski definition) is 1. The summed E-state index contributed by atoms with van der Waals surface area (Å²) in [5, 5.41) is 9.05. The van der Waals surface area contributed by atoms with Crippen LogP contribution >= 0.6 is 0 Å². The fraction of sp³-hybridized carbons (Fsp3) is 0.632. The molecule has 8 nitrogen and oxygen atoms in total. The molecule has 0 spiro atoms. The van der Waals surface area contributed by atoms with Crippen LogP contribution in [0.1, 0.15) is 36.0 Å². The van der Waals surface area contributed by atoms with E-state index < -0.39 is 0 Å². The molecular formula is C19H29N7O. The molecule has 0 unspecified atom stereocenters. The van der Waals surface area contributed by atoms with Crippen LogP contribution in [0.3, 0.4) is 0 Å². The first-order chi connectivity index (χ1) is 13.2. The lowest BCUT2D eigenvalue weighted by Crippen LogP contribution is -2.36. The molecule has 0 saturated carbocycles. The number of piperidine rings is 1. The van der Waals surface area contributed by atoms with Crippen molar-refractivity contribution in [3.05, 3.63) is 35.5 Å². The molecule has 2 aliphatic rings. The van der Waals surface area contributed by atoms with Gasteiger partial charge in [-0.2, -0.15) is 0 Å². The summed E-state index contributed by atoms with van der Waals surface area (Å²) in [4.78, 5) is 9.05. The van der Waals surface area contributed by atoms with Gasteiger partial charge in [-0.25, -0.2) is 4.98 Å². The van der Waals surface area contributed by atoms with Crippen molar-refractivity contribution < 1.29 is 4.74 Å². The van der Waals surface area contributed by atoms with Crippen LogP contribution in [0, 0.1) is 0 Å². The number of nitrogens with zero attached hydrogens (tertiary/aromatic N) is 6. The van der Waals surface area contributed by atoms with Gasteiger partial charge in [0.2, 0.25) is 0 Å². The largest absolute Gasteiger partial charge is 0.383 e. The molecule has 2 fully saturated rings. The second kappa shape index (κ2) is 8.33. The molecule has 2 aromatic rings. The van der Waals surface area contributed by atoms with Crippen molar-refractivity contribution in [1.82, 2.24) is 29.5 Å². The highest BCUT2D eigenvalue weighted by Crippen LogP contribution is 2.27. The first-order valence-electron chi connectivity index (χ1n) is 9.80. The molecule has 0 bridgehead atoms. The maximum absolute atomic E-state index is 6.02. The Hall–Kier alpha value is -2.03. The summed E-state index contributed by atoms with van der Waals surface area (Å²) < 4.78 is 7.63. The lowest BCUT2D eigenvalue weighted by atomic mass is 9.96. The summed E-state index contributed by atoms with van der Waals surface area (Å²) >= 11 is 0. The van der Waals surface area contributed by atoms with E-state index in [9.17, 15) is 0 Å². The van der Waals surface area contributed by atoms with E-state index in [0.29, 0.717) is 11.7 Å². The van der Waals surface area contributed by atoms with E-state index in [1.807, 2.05) is 6.07 Å². The van der Waals surface area contributed by atoms with E-state index in [0.717, 1.165) is 82.5 Å². The van der Waals surface area contributed by atoms with Crippen LogP contribution < -0.4 is 5.73 Å². The summed E-state index contributed by atoms with van der Waals surface area (Å²) in [5.74, 6) is 3.18. The van der Waals surface area contributed by atoms with Gasteiger partial charge in [0.15, 0.2) is 0 Å². The molecule has 2 N–H and O–H groups in total. The average molecular weight is 371 g/mol. The van der Waals surface area contributed by atoms with Crippen LogP contribution in [0.5, 0.6) is 0 Å². The van der Waals surface area contributed by atoms with E-state index in [-0.39, 0.29) is 0 Å². The summed E-state index contributed by atoms with van der Waals surface area (Å²) in [6.07, 6.45) is 4.06. The molecule has 2 aromatic heterocycles. The number of ether oxygens (including phenoxy) is 1. The molecule has 1 atom stereocenters. The maximum Gasteiger partial charge on any atom is 0.146 e. The van der Waals surface area contributed by atoms with Crippen LogP contribution in [-0.2, 0) is 24.9 Å². The van der Waals surface area contributed by atoms with Crippen molar-refractivity contribution >= 4 is 5.82 Å². The van der Waals surface area contributed by atoms with Gasteiger partial charge in [0.05, 0.1) is 19.8 Å². The molecule has 2 aliphatic heterocycles. The van der Waals surface area contributed by atoms with Gasteiger partial charge in [-0.05, 0) is 25.5 Å². The average Bonchev–Trinajstić information content (AvgIpc) is 3.05. The molecule has 0 aromatic carbocycles. The van der Waals surface area contributed by atoms with E-state index in [4.69, 9.17) is 10.5 Å². The number of likely N-dealkylation sites (tertiary alicyclic amines) is 1. The fourth-order valence-electron chi connectivity index (χ4n) is 4.06. The van der Waals surface area contributed by atoms with Crippen LogP contribution in [0.4, 0.5) is 5.82 Å². The van der Waals surface area contributed by atoms with Crippen molar-refractivity contribution in [3.8, 4) is 0 Å². The number of rotatable bonds is 5. The number of pyridine rings is 1. The Morgan fingerprint density at radius 2 is 2.00 bits per heavy atom. The third kappa shape index (κ3) is 4.28. The standard InChI is InChI=1S/C19H29N7O/c1-24-17(14-25-8-10-27-11-9-25)22-23-19(24)16-5-3-7-26(13-16)12-15-4-2-6-21-18(15)20/h2,4,6,16H,3,5,7-14H2,1H3,(H2,20,21)/t16-/m0/s1. The Kier molecular flexibility index (Phi) is 5.66. The Bertz CT molecular complexity index is 756. The van der Waals surface area contributed by atoms with Crippen LogP contribution in [0.2, 0.25) is 0 Å². The minimum absolute atomic E-state index is 0.410. The summed E-state index contributed by atoms with van der Waals surface area (Å²) in [7, 11) is 2.10. The van der Waals surface area contributed by atoms with E-state index in [1.165, 1.54) is 0 Å². The molecular weight excluding hydrogens is 342 g/mol. The minimum Gasteiger partial charge on any atom is -0.383 e. The molecule has 0 radical (unpaired) electrons. The normalized spacial score (nSPS) is 22.2. The Labute approximate surface area is 160 Å². The molecule has 2 saturated heterocycles. The molecule has 4 heterocycles. The number of aromatic nitrogens is 4. The summed E-state index contributed by atoms with van der Waals surface area (Å²) in [5.41, 5.74) is 7.12. The predicted molar refractivity (Wildman–Crippen MR) is 103 cm³/mol. The van der Waals surface area contributed by atoms with Gasteiger partial charge in [0.25, 0.3) is 0 Å². The van der Waals surface area contributed by atoms with Gasteiger partial charge >= 0.3 is 0 Å². The molecule has 27 heavy (non-hydrogen) atoms.